The number of carbonyl (C=O) groups excluding carboxylic acids is 2. The van der Waals surface area contributed by atoms with Crippen LogP contribution in [0, 0.1) is 6.92 Å². The monoisotopic (exact) mass is 548 g/mol. The average Bonchev–Trinajstić information content (AvgIpc) is 2.96. The molecule has 1 aliphatic carbocycles. The lowest BCUT2D eigenvalue weighted by atomic mass is 9.94. The summed E-state index contributed by atoms with van der Waals surface area (Å²) in [5.41, 5.74) is 2.72. The van der Waals surface area contributed by atoms with Gasteiger partial charge in [-0.3, -0.25) is 9.59 Å². The molecule has 0 spiro atoms. The van der Waals surface area contributed by atoms with Crippen LogP contribution in [0.2, 0.25) is 5.02 Å². The van der Waals surface area contributed by atoms with E-state index in [0.717, 1.165) is 42.4 Å². The Balaban J connectivity index is 1.62. The number of carbonyl (C=O) groups is 2. The van der Waals surface area contributed by atoms with Crippen LogP contribution in [0.1, 0.15) is 48.8 Å². The Hall–Kier alpha value is -3.51. The molecule has 1 N–H and O–H groups in total. The maximum absolute atomic E-state index is 13.8. The number of halogens is 1. The van der Waals surface area contributed by atoms with Crippen molar-refractivity contribution >= 4 is 23.4 Å². The summed E-state index contributed by atoms with van der Waals surface area (Å²) in [6.07, 6.45) is 5.74. The second-order valence-electron chi connectivity index (χ2n) is 10.1. The zero-order chi connectivity index (χ0) is 27.6. The van der Waals surface area contributed by atoms with Crippen molar-refractivity contribution in [2.75, 3.05) is 13.7 Å². The smallest absolute Gasteiger partial charge is 0.261 e. The number of ether oxygens (including phenoxy) is 2. The molecule has 7 heteroatoms. The lowest BCUT2D eigenvalue weighted by Crippen LogP contribution is -2.53. The highest BCUT2D eigenvalue weighted by atomic mass is 35.5. The van der Waals surface area contributed by atoms with Gasteiger partial charge in [0.2, 0.25) is 5.91 Å². The van der Waals surface area contributed by atoms with Crippen LogP contribution in [-0.2, 0) is 22.6 Å². The van der Waals surface area contributed by atoms with Crippen LogP contribution < -0.4 is 14.8 Å². The summed E-state index contributed by atoms with van der Waals surface area (Å²) in [5, 5.41) is 3.89. The lowest BCUT2D eigenvalue weighted by Gasteiger charge is -2.33. The molecule has 0 heterocycles. The summed E-state index contributed by atoms with van der Waals surface area (Å²) in [7, 11) is 1.61. The summed E-state index contributed by atoms with van der Waals surface area (Å²) < 4.78 is 11.3. The van der Waals surface area contributed by atoms with E-state index < -0.39 is 6.04 Å². The van der Waals surface area contributed by atoms with Crippen molar-refractivity contribution in [1.29, 1.82) is 0 Å². The third kappa shape index (κ3) is 8.24. The minimum absolute atomic E-state index is 0.131. The highest BCUT2D eigenvalue weighted by Crippen LogP contribution is 2.23. The third-order valence-electron chi connectivity index (χ3n) is 7.20. The highest BCUT2D eigenvalue weighted by Gasteiger charge is 2.32. The van der Waals surface area contributed by atoms with Crippen LogP contribution in [0.15, 0.2) is 72.8 Å². The molecule has 3 aromatic rings. The number of methoxy groups -OCH3 is 1. The second-order valence-corrected chi connectivity index (χ2v) is 10.5. The van der Waals surface area contributed by atoms with Crippen molar-refractivity contribution in [3.8, 4) is 11.5 Å². The van der Waals surface area contributed by atoms with Crippen LogP contribution in [0.4, 0.5) is 0 Å². The number of amides is 2. The molecular formula is C32H37ClN2O4. The molecule has 2 amide bonds. The summed E-state index contributed by atoms with van der Waals surface area (Å²) >= 11 is 6.16. The van der Waals surface area contributed by atoms with Gasteiger partial charge >= 0.3 is 0 Å². The number of benzene rings is 3. The van der Waals surface area contributed by atoms with Gasteiger partial charge < -0.3 is 19.7 Å². The van der Waals surface area contributed by atoms with Gasteiger partial charge in [0, 0.05) is 24.0 Å². The lowest BCUT2D eigenvalue weighted by molar-refractivity contribution is -0.143. The van der Waals surface area contributed by atoms with E-state index in [1.807, 2.05) is 61.5 Å². The molecule has 0 aromatic heterocycles. The molecule has 0 radical (unpaired) electrons. The number of hydrogen-bond donors (Lipinski definition) is 1. The van der Waals surface area contributed by atoms with Crippen LogP contribution in [0.25, 0.3) is 0 Å². The molecule has 4 rings (SSSR count). The van der Waals surface area contributed by atoms with E-state index in [2.05, 4.69) is 5.32 Å². The summed E-state index contributed by atoms with van der Waals surface area (Å²) in [6, 6.07) is 22.1. The van der Waals surface area contributed by atoms with E-state index in [1.165, 1.54) is 6.42 Å². The zero-order valence-corrected chi connectivity index (χ0v) is 23.5. The summed E-state index contributed by atoms with van der Waals surface area (Å²) in [6.45, 7) is 1.93. The van der Waals surface area contributed by atoms with Gasteiger partial charge in [0.15, 0.2) is 6.61 Å². The molecule has 1 aliphatic rings. The molecule has 1 fully saturated rings. The molecule has 6 nitrogen and oxygen atoms in total. The third-order valence-corrected chi connectivity index (χ3v) is 7.63. The fourth-order valence-corrected chi connectivity index (χ4v) is 5.12. The van der Waals surface area contributed by atoms with Crippen molar-refractivity contribution in [2.24, 2.45) is 0 Å². The van der Waals surface area contributed by atoms with Crippen molar-refractivity contribution in [3.05, 3.63) is 94.5 Å². The first-order chi connectivity index (χ1) is 18.9. The molecule has 0 aliphatic heterocycles. The van der Waals surface area contributed by atoms with E-state index in [0.29, 0.717) is 22.9 Å². The van der Waals surface area contributed by atoms with Gasteiger partial charge in [-0.1, -0.05) is 73.3 Å². The Kier molecular flexibility index (Phi) is 10.3. The van der Waals surface area contributed by atoms with Crippen molar-refractivity contribution in [3.63, 3.8) is 0 Å². The SMILES string of the molecule is COc1cccc(CN(C(=O)COc2ccc(Cl)c(C)c2)C(Cc2ccccc2)C(=O)NC2CCCCC2)c1. The maximum atomic E-state index is 13.8. The van der Waals surface area contributed by atoms with E-state index in [4.69, 9.17) is 21.1 Å². The first kappa shape index (κ1) is 28.5. The predicted molar refractivity (Wildman–Crippen MR) is 154 cm³/mol. The Labute approximate surface area is 236 Å². The molecular weight excluding hydrogens is 512 g/mol. The number of rotatable bonds is 11. The Morgan fingerprint density at radius 3 is 2.41 bits per heavy atom. The minimum atomic E-state index is -0.705. The van der Waals surface area contributed by atoms with Crippen LogP contribution in [0.3, 0.4) is 0 Å². The molecule has 1 atom stereocenters. The predicted octanol–water partition coefficient (Wildman–Crippen LogP) is 6.12. The first-order valence-corrected chi connectivity index (χ1v) is 14.0. The van der Waals surface area contributed by atoms with Gasteiger partial charge in [0.1, 0.15) is 17.5 Å². The minimum Gasteiger partial charge on any atom is -0.497 e. The van der Waals surface area contributed by atoms with Crippen LogP contribution >= 0.6 is 11.6 Å². The second kappa shape index (κ2) is 14.0. The molecule has 206 valence electrons. The van der Waals surface area contributed by atoms with Gasteiger partial charge in [-0.05, 0) is 66.8 Å². The van der Waals surface area contributed by atoms with E-state index in [1.54, 1.807) is 30.2 Å². The first-order valence-electron chi connectivity index (χ1n) is 13.6. The number of nitrogens with one attached hydrogen (secondary N) is 1. The highest BCUT2D eigenvalue weighted by molar-refractivity contribution is 6.31. The normalized spacial score (nSPS) is 14.3. The fraction of sp³-hybridized carbons (Fsp3) is 0.375. The van der Waals surface area contributed by atoms with Gasteiger partial charge in [0.05, 0.1) is 7.11 Å². The summed E-state index contributed by atoms with van der Waals surface area (Å²) in [5.74, 6) is 0.839. The summed E-state index contributed by atoms with van der Waals surface area (Å²) in [4.78, 5) is 29.3. The van der Waals surface area contributed by atoms with Gasteiger partial charge in [-0.25, -0.2) is 0 Å². The fourth-order valence-electron chi connectivity index (χ4n) is 5.00. The van der Waals surface area contributed by atoms with Crippen LogP contribution in [-0.4, -0.2) is 42.5 Å². The van der Waals surface area contributed by atoms with Crippen molar-refractivity contribution < 1.29 is 19.1 Å². The van der Waals surface area contributed by atoms with Crippen molar-refractivity contribution in [2.45, 2.75) is 64.1 Å². The Morgan fingerprint density at radius 2 is 1.69 bits per heavy atom. The maximum Gasteiger partial charge on any atom is 0.261 e. The van der Waals surface area contributed by atoms with Gasteiger partial charge in [0.25, 0.3) is 5.91 Å². The average molecular weight is 549 g/mol. The molecule has 0 bridgehead atoms. The van der Waals surface area contributed by atoms with E-state index >= 15 is 0 Å². The number of nitrogens with zero attached hydrogens (tertiary/aromatic N) is 1. The molecule has 3 aromatic carbocycles. The van der Waals surface area contributed by atoms with Crippen molar-refractivity contribution in [1.82, 2.24) is 10.2 Å². The molecule has 39 heavy (non-hydrogen) atoms. The largest absolute Gasteiger partial charge is 0.497 e. The standard InChI is InChI=1S/C32H37ClN2O4/c1-23-18-28(16-17-29(23)33)39-22-31(36)35(21-25-12-9-15-27(19-25)38-2)30(20-24-10-5-3-6-11-24)32(37)34-26-13-7-4-8-14-26/h3,5-6,9-12,15-19,26,30H,4,7-8,13-14,20-22H2,1-2H3,(H,34,37). The quantitative estimate of drug-likeness (QED) is 0.313. The number of aryl methyl sites for hydroxylation is 1. The van der Waals surface area contributed by atoms with Gasteiger partial charge in [-0.15, -0.1) is 0 Å². The topological polar surface area (TPSA) is 67.9 Å². The molecule has 1 unspecified atom stereocenters. The van der Waals surface area contributed by atoms with E-state index in [9.17, 15) is 9.59 Å². The molecule has 1 saturated carbocycles. The van der Waals surface area contributed by atoms with Gasteiger partial charge in [-0.2, -0.15) is 0 Å². The van der Waals surface area contributed by atoms with Crippen LogP contribution in [0.5, 0.6) is 11.5 Å². The number of hydrogen-bond acceptors (Lipinski definition) is 4. The molecule has 0 saturated heterocycles. The Bertz CT molecular complexity index is 1240. The zero-order valence-electron chi connectivity index (χ0n) is 22.7. The Morgan fingerprint density at radius 1 is 0.949 bits per heavy atom. The van der Waals surface area contributed by atoms with E-state index in [-0.39, 0.29) is 31.0 Å².